The summed E-state index contributed by atoms with van der Waals surface area (Å²) in [5.74, 6) is 0.615. The summed E-state index contributed by atoms with van der Waals surface area (Å²) in [6, 6.07) is 12.0. The Hall–Kier alpha value is -2.58. The first-order valence-corrected chi connectivity index (χ1v) is 8.10. The van der Waals surface area contributed by atoms with Crippen LogP contribution < -0.4 is 15.4 Å². The minimum absolute atomic E-state index is 0.0487. The van der Waals surface area contributed by atoms with Crippen molar-refractivity contribution in [3.63, 3.8) is 0 Å². The Labute approximate surface area is 134 Å². The van der Waals surface area contributed by atoms with Gasteiger partial charge in [-0.3, -0.25) is 4.55 Å². The largest absolute Gasteiger partial charge is 0.473 e. The third kappa shape index (κ3) is 5.28. The summed E-state index contributed by atoms with van der Waals surface area (Å²) >= 11 is 0. The molecule has 0 saturated carbocycles. The number of hydrogen-bond donors (Lipinski definition) is 3. The lowest BCUT2D eigenvalue weighted by atomic mass is 10.2. The first-order valence-electron chi connectivity index (χ1n) is 6.66. The zero-order chi connectivity index (χ0) is 16.9. The molecule has 3 N–H and O–H groups in total. The van der Waals surface area contributed by atoms with Gasteiger partial charge in [0.2, 0.25) is 0 Å². The molecule has 0 aliphatic carbocycles. The molecular formula is C15H16N2O5S. The van der Waals surface area contributed by atoms with Gasteiger partial charge in [0.1, 0.15) is 5.75 Å². The van der Waals surface area contributed by atoms with E-state index in [1.54, 1.807) is 12.1 Å². The SMILES string of the molecule is Cc1ccc(OCNC(=O)Nc2cccc(S(=O)(=O)O)c2)cc1. The van der Waals surface area contributed by atoms with Crippen molar-refractivity contribution in [2.24, 2.45) is 0 Å². The maximum atomic E-state index is 11.7. The summed E-state index contributed by atoms with van der Waals surface area (Å²) in [5.41, 5.74) is 1.33. The van der Waals surface area contributed by atoms with E-state index in [4.69, 9.17) is 9.29 Å². The van der Waals surface area contributed by atoms with Gasteiger partial charge in [-0.1, -0.05) is 23.8 Å². The number of carbonyl (C=O) groups is 1. The Morgan fingerprint density at radius 1 is 1.17 bits per heavy atom. The Bertz CT molecular complexity index is 788. The smallest absolute Gasteiger partial charge is 0.321 e. The standard InChI is InChI=1S/C15H16N2O5S/c1-11-5-7-13(8-6-11)22-10-16-15(18)17-12-3-2-4-14(9-12)23(19,20)21/h2-9H,10H2,1H3,(H2,16,17,18)(H,19,20,21). The maximum Gasteiger partial charge on any atom is 0.321 e. The molecule has 23 heavy (non-hydrogen) atoms. The average molecular weight is 336 g/mol. The van der Waals surface area contributed by atoms with E-state index in [9.17, 15) is 13.2 Å². The van der Waals surface area contributed by atoms with Crippen LogP contribution in [0.15, 0.2) is 53.4 Å². The molecule has 2 aromatic rings. The summed E-state index contributed by atoms with van der Waals surface area (Å²) in [5, 5.41) is 4.91. The number of aryl methyl sites for hydroxylation is 1. The van der Waals surface area contributed by atoms with Crippen molar-refractivity contribution in [3.8, 4) is 5.75 Å². The first kappa shape index (κ1) is 16.8. The molecule has 0 spiro atoms. The second-order valence-corrected chi connectivity index (χ2v) is 6.16. The zero-order valence-corrected chi connectivity index (χ0v) is 13.1. The number of ether oxygens (including phenoxy) is 1. The lowest BCUT2D eigenvalue weighted by Crippen LogP contribution is -2.32. The highest BCUT2D eigenvalue weighted by Crippen LogP contribution is 2.15. The molecule has 2 amide bonds. The van der Waals surface area contributed by atoms with Gasteiger partial charge in [-0.25, -0.2) is 4.79 Å². The van der Waals surface area contributed by atoms with Gasteiger partial charge in [-0.2, -0.15) is 8.42 Å². The van der Waals surface area contributed by atoms with Crippen molar-refractivity contribution >= 4 is 21.8 Å². The molecule has 2 rings (SSSR count). The molecule has 7 nitrogen and oxygen atoms in total. The van der Waals surface area contributed by atoms with Gasteiger partial charge in [0, 0.05) is 5.69 Å². The second kappa shape index (κ2) is 7.12. The van der Waals surface area contributed by atoms with Gasteiger partial charge in [0.05, 0.1) is 4.90 Å². The van der Waals surface area contributed by atoms with Crippen molar-refractivity contribution < 1.29 is 22.5 Å². The van der Waals surface area contributed by atoms with Crippen LogP contribution in [0, 0.1) is 6.92 Å². The van der Waals surface area contributed by atoms with E-state index in [1.807, 2.05) is 19.1 Å². The highest BCUT2D eigenvalue weighted by atomic mass is 32.2. The fourth-order valence-corrected chi connectivity index (χ4v) is 2.26. The number of carbonyl (C=O) groups excluding carboxylic acids is 1. The molecule has 0 unspecified atom stereocenters. The van der Waals surface area contributed by atoms with Gasteiger partial charge in [0.15, 0.2) is 6.73 Å². The van der Waals surface area contributed by atoms with E-state index in [1.165, 1.54) is 18.2 Å². The van der Waals surface area contributed by atoms with Crippen LogP contribution in [0.3, 0.4) is 0 Å². The lowest BCUT2D eigenvalue weighted by Gasteiger charge is -2.10. The zero-order valence-electron chi connectivity index (χ0n) is 12.3. The molecule has 8 heteroatoms. The van der Waals surface area contributed by atoms with Crippen LogP contribution in [0.1, 0.15) is 5.56 Å². The molecule has 0 radical (unpaired) electrons. The van der Waals surface area contributed by atoms with E-state index in [-0.39, 0.29) is 17.3 Å². The molecule has 0 bridgehead atoms. The molecular weight excluding hydrogens is 320 g/mol. The van der Waals surface area contributed by atoms with Crippen molar-refractivity contribution in [3.05, 3.63) is 54.1 Å². The summed E-state index contributed by atoms with van der Waals surface area (Å²) in [6.07, 6.45) is 0. The van der Waals surface area contributed by atoms with Gasteiger partial charge in [-0.15, -0.1) is 0 Å². The predicted octanol–water partition coefficient (Wildman–Crippen LogP) is 2.40. The van der Waals surface area contributed by atoms with Crippen molar-refractivity contribution in [2.45, 2.75) is 11.8 Å². The molecule has 122 valence electrons. The van der Waals surface area contributed by atoms with Crippen LogP contribution in [-0.2, 0) is 10.1 Å². The van der Waals surface area contributed by atoms with Crippen molar-refractivity contribution in [1.82, 2.24) is 5.32 Å². The quantitative estimate of drug-likeness (QED) is 0.574. The van der Waals surface area contributed by atoms with Gasteiger partial charge < -0.3 is 15.4 Å². The number of anilines is 1. The normalized spacial score (nSPS) is 10.9. The molecule has 0 aromatic heterocycles. The summed E-state index contributed by atoms with van der Waals surface area (Å²) < 4.78 is 36.4. The first-order chi connectivity index (χ1) is 10.8. The van der Waals surface area contributed by atoms with E-state index >= 15 is 0 Å². The molecule has 0 saturated heterocycles. The molecule has 0 atom stereocenters. The maximum absolute atomic E-state index is 11.7. The topological polar surface area (TPSA) is 105 Å². The Morgan fingerprint density at radius 2 is 1.87 bits per heavy atom. The molecule has 2 aromatic carbocycles. The Morgan fingerprint density at radius 3 is 2.52 bits per heavy atom. The lowest BCUT2D eigenvalue weighted by molar-refractivity contribution is 0.234. The number of nitrogens with one attached hydrogen (secondary N) is 2. The minimum atomic E-state index is -4.31. The van der Waals surface area contributed by atoms with Gasteiger partial charge >= 0.3 is 6.03 Å². The minimum Gasteiger partial charge on any atom is -0.473 e. The monoisotopic (exact) mass is 336 g/mol. The summed E-state index contributed by atoms with van der Waals surface area (Å²) in [7, 11) is -4.31. The van der Waals surface area contributed by atoms with Crippen LogP contribution in [0.5, 0.6) is 5.75 Å². The number of rotatable bonds is 5. The fourth-order valence-electron chi connectivity index (χ4n) is 1.73. The van der Waals surface area contributed by atoms with E-state index in [2.05, 4.69) is 10.6 Å². The predicted molar refractivity (Wildman–Crippen MR) is 85.1 cm³/mol. The number of benzene rings is 2. The fraction of sp³-hybridized carbons (Fsp3) is 0.133. The molecule has 0 aliphatic rings. The van der Waals surface area contributed by atoms with Crippen LogP contribution in [-0.4, -0.2) is 25.7 Å². The molecule has 0 fully saturated rings. The van der Waals surface area contributed by atoms with Gasteiger partial charge in [0.25, 0.3) is 10.1 Å². The van der Waals surface area contributed by atoms with Crippen molar-refractivity contribution in [1.29, 1.82) is 0 Å². The summed E-state index contributed by atoms with van der Waals surface area (Å²) in [4.78, 5) is 11.4. The number of hydrogen-bond acceptors (Lipinski definition) is 4. The highest BCUT2D eigenvalue weighted by Gasteiger charge is 2.10. The average Bonchev–Trinajstić information content (AvgIpc) is 2.49. The Kier molecular flexibility index (Phi) is 5.20. The second-order valence-electron chi connectivity index (χ2n) is 4.74. The van der Waals surface area contributed by atoms with E-state index < -0.39 is 16.1 Å². The van der Waals surface area contributed by atoms with Crippen molar-refractivity contribution in [2.75, 3.05) is 12.0 Å². The van der Waals surface area contributed by atoms with Crippen LogP contribution in [0.4, 0.5) is 10.5 Å². The third-order valence-corrected chi connectivity index (χ3v) is 3.73. The number of amides is 2. The number of urea groups is 1. The molecule has 0 aliphatic heterocycles. The van der Waals surface area contributed by atoms with Crippen LogP contribution in [0.2, 0.25) is 0 Å². The van der Waals surface area contributed by atoms with Crippen LogP contribution in [0.25, 0.3) is 0 Å². The van der Waals surface area contributed by atoms with Gasteiger partial charge in [-0.05, 0) is 37.3 Å². The Balaban J connectivity index is 1.86. The molecule has 0 heterocycles. The van der Waals surface area contributed by atoms with E-state index in [0.717, 1.165) is 11.6 Å². The highest BCUT2D eigenvalue weighted by molar-refractivity contribution is 7.85. The summed E-state index contributed by atoms with van der Waals surface area (Å²) in [6.45, 7) is 1.91. The third-order valence-electron chi connectivity index (χ3n) is 2.88. The van der Waals surface area contributed by atoms with E-state index in [0.29, 0.717) is 5.75 Å². The van der Waals surface area contributed by atoms with Crippen LogP contribution >= 0.6 is 0 Å².